The van der Waals surface area contributed by atoms with Gasteiger partial charge < -0.3 is 14.6 Å². The molecule has 162 valence electrons. The van der Waals surface area contributed by atoms with Gasteiger partial charge in [0.2, 0.25) is 5.88 Å². The lowest BCUT2D eigenvalue weighted by Crippen LogP contribution is -2.49. The average Bonchev–Trinajstić information content (AvgIpc) is 2.96. The molecule has 0 radical (unpaired) electrons. The number of hydrogen-bond acceptors (Lipinski definition) is 6. The number of hydrogen-bond donors (Lipinski definition) is 1. The van der Waals surface area contributed by atoms with Crippen LogP contribution in [0.5, 0.6) is 11.9 Å². The number of halogens is 3. The van der Waals surface area contributed by atoms with Crippen LogP contribution in [0.4, 0.5) is 13.2 Å². The van der Waals surface area contributed by atoms with Crippen LogP contribution in [0.2, 0.25) is 0 Å². The van der Waals surface area contributed by atoms with Crippen LogP contribution in [0.25, 0.3) is 0 Å². The smallest absolute Gasteiger partial charge is 0.416 e. The van der Waals surface area contributed by atoms with Crippen LogP contribution in [-0.4, -0.2) is 46.3 Å². The zero-order valence-corrected chi connectivity index (χ0v) is 16.8. The number of alkyl halides is 3. The van der Waals surface area contributed by atoms with Crippen molar-refractivity contribution in [2.24, 2.45) is 0 Å². The SMILES string of the molecule is COc1ncc(C2(O)CC3CCC(C2)N3Cc2cccc(C(F)(F)F)c2)c(OC)n1. The summed E-state index contributed by atoms with van der Waals surface area (Å²) in [5.74, 6) is 0.273. The van der Waals surface area contributed by atoms with Crippen molar-refractivity contribution in [2.75, 3.05) is 14.2 Å². The predicted octanol–water partition coefficient (Wildman–Crippen LogP) is 3.53. The fraction of sp³-hybridized carbons (Fsp3) is 0.524. The summed E-state index contributed by atoms with van der Waals surface area (Å²) in [4.78, 5) is 10.5. The van der Waals surface area contributed by atoms with E-state index in [0.717, 1.165) is 18.9 Å². The minimum Gasteiger partial charge on any atom is -0.481 e. The van der Waals surface area contributed by atoms with Gasteiger partial charge in [-0.05, 0) is 37.3 Å². The van der Waals surface area contributed by atoms with Crippen molar-refractivity contribution in [1.29, 1.82) is 0 Å². The summed E-state index contributed by atoms with van der Waals surface area (Å²) < 4.78 is 49.5. The number of ether oxygens (including phenoxy) is 2. The summed E-state index contributed by atoms with van der Waals surface area (Å²) in [5, 5.41) is 11.5. The van der Waals surface area contributed by atoms with Gasteiger partial charge in [0.1, 0.15) is 0 Å². The normalized spacial score (nSPS) is 26.6. The molecular formula is C21H24F3N3O3. The van der Waals surface area contributed by atoms with Gasteiger partial charge in [-0.15, -0.1) is 0 Å². The van der Waals surface area contributed by atoms with Gasteiger partial charge in [-0.25, -0.2) is 4.98 Å². The summed E-state index contributed by atoms with van der Waals surface area (Å²) in [7, 11) is 2.93. The standard InChI is InChI=1S/C21H24F3N3O3/c1-29-18-17(11-25-19(26-18)30-2)20(28)9-15-6-7-16(10-20)27(15)12-13-4-3-5-14(8-13)21(22,23)24/h3-5,8,11,15-16,28H,6-7,9-10,12H2,1-2H3. The van der Waals surface area contributed by atoms with Gasteiger partial charge in [-0.1, -0.05) is 18.2 Å². The average molecular weight is 423 g/mol. The van der Waals surface area contributed by atoms with Crippen LogP contribution >= 0.6 is 0 Å². The molecule has 0 spiro atoms. The van der Waals surface area contributed by atoms with E-state index in [1.54, 1.807) is 6.07 Å². The maximum absolute atomic E-state index is 13.0. The van der Waals surface area contributed by atoms with Crippen molar-refractivity contribution in [2.45, 2.75) is 56.1 Å². The molecule has 2 atom stereocenters. The molecule has 1 N–H and O–H groups in total. The molecule has 30 heavy (non-hydrogen) atoms. The van der Waals surface area contributed by atoms with E-state index in [1.807, 2.05) is 0 Å². The van der Waals surface area contributed by atoms with Crippen molar-refractivity contribution in [3.63, 3.8) is 0 Å². The van der Waals surface area contributed by atoms with Crippen molar-refractivity contribution in [3.05, 3.63) is 47.2 Å². The molecule has 4 rings (SSSR count). The highest BCUT2D eigenvalue weighted by Gasteiger charge is 2.49. The number of piperidine rings is 1. The number of rotatable bonds is 5. The van der Waals surface area contributed by atoms with E-state index in [9.17, 15) is 18.3 Å². The summed E-state index contributed by atoms with van der Waals surface area (Å²) in [6.07, 6.45) is -0.186. The zero-order chi connectivity index (χ0) is 21.5. The Hall–Kier alpha value is -2.39. The molecule has 1 aromatic carbocycles. The molecule has 0 saturated carbocycles. The van der Waals surface area contributed by atoms with Gasteiger partial charge in [-0.3, -0.25) is 4.90 Å². The van der Waals surface area contributed by atoms with Crippen LogP contribution < -0.4 is 9.47 Å². The van der Waals surface area contributed by atoms with Gasteiger partial charge in [0.05, 0.1) is 30.9 Å². The number of nitrogens with zero attached hydrogens (tertiary/aromatic N) is 3. The number of fused-ring (bicyclic) bond motifs is 2. The van der Waals surface area contributed by atoms with Crippen molar-refractivity contribution in [1.82, 2.24) is 14.9 Å². The summed E-state index contributed by atoms with van der Waals surface area (Å²) in [5.41, 5.74) is -0.659. The number of aliphatic hydroxyl groups is 1. The second-order valence-electron chi connectivity index (χ2n) is 7.97. The van der Waals surface area contributed by atoms with Crippen LogP contribution in [0.3, 0.4) is 0 Å². The third-order valence-corrected chi connectivity index (χ3v) is 6.15. The van der Waals surface area contributed by atoms with Crippen LogP contribution in [0.1, 0.15) is 42.4 Å². The Morgan fingerprint density at radius 3 is 2.47 bits per heavy atom. The van der Waals surface area contributed by atoms with Gasteiger partial charge in [-0.2, -0.15) is 18.2 Å². The topological polar surface area (TPSA) is 67.7 Å². The molecule has 3 heterocycles. The van der Waals surface area contributed by atoms with E-state index >= 15 is 0 Å². The van der Waals surface area contributed by atoms with Gasteiger partial charge in [0.15, 0.2) is 0 Å². The minimum absolute atomic E-state index is 0.0510. The van der Waals surface area contributed by atoms with E-state index in [4.69, 9.17) is 9.47 Å². The molecule has 2 aromatic rings. The number of aromatic nitrogens is 2. The molecule has 2 saturated heterocycles. The third kappa shape index (κ3) is 3.83. The lowest BCUT2D eigenvalue weighted by molar-refractivity contribution is -0.137. The van der Waals surface area contributed by atoms with Crippen molar-refractivity contribution in [3.8, 4) is 11.9 Å². The number of benzene rings is 1. The molecule has 2 aliphatic heterocycles. The second kappa shape index (κ2) is 7.70. The van der Waals surface area contributed by atoms with Crippen molar-refractivity contribution < 1.29 is 27.8 Å². The van der Waals surface area contributed by atoms with E-state index in [-0.39, 0.29) is 24.0 Å². The van der Waals surface area contributed by atoms with Crippen LogP contribution in [-0.2, 0) is 18.3 Å². The first-order valence-corrected chi connectivity index (χ1v) is 9.83. The van der Waals surface area contributed by atoms with Crippen molar-refractivity contribution >= 4 is 0 Å². The third-order valence-electron chi connectivity index (χ3n) is 6.15. The molecule has 2 bridgehead atoms. The Bertz CT molecular complexity index is 908. The van der Waals surface area contributed by atoms with E-state index < -0.39 is 17.3 Å². The maximum Gasteiger partial charge on any atom is 0.416 e. The molecule has 1 aromatic heterocycles. The monoisotopic (exact) mass is 423 g/mol. The number of methoxy groups -OCH3 is 2. The zero-order valence-electron chi connectivity index (χ0n) is 16.8. The highest BCUT2D eigenvalue weighted by molar-refractivity contribution is 5.33. The van der Waals surface area contributed by atoms with Gasteiger partial charge in [0, 0.05) is 24.8 Å². The first-order valence-electron chi connectivity index (χ1n) is 9.83. The Kier molecular flexibility index (Phi) is 5.36. The van der Waals surface area contributed by atoms with Crippen LogP contribution in [0.15, 0.2) is 30.5 Å². The molecule has 2 unspecified atom stereocenters. The predicted molar refractivity (Wildman–Crippen MR) is 102 cm³/mol. The second-order valence-corrected chi connectivity index (χ2v) is 7.97. The Morgan fingerprint density at radius 2 is 1.87 bits per heavy atom. The van der Waals surface area contributed by atoms with Gasteiger partial charge in [0.25, 0.3) is 0 Å². The molecule has 2 aliphatic rings. The van der Waals surface area contributed by atoms with Crippen LogP contribution in [0, 0.1) is 0 Å². The lowest BCUT2D eigenvalue weighted by atomic mass is 9.81. The first-order chi connectivity index (χ1) is 14.2. The Balaban J connectivity index is 1.55. The fourth-order valence-corrected chi connectivity index (χ4v) is 4.78. The molecule has 0 aliphatic carbocycles. The van der Waals surface area contributed by atoms with E-state index in [2.05, 4.69) is 14.9 Å². The quantitative estimate of drug-likeness (QED) is 0.794. The molecular weight excluding hydrogens is 399 g/mol. The van der Waals surface area contributed by atoms with Gasteiger partial charge >= 0.3 is 12.2 Å². The Morgan fingerprint density at radius 1 is 1.17 bits per heavy atom. The summed E-state index contributed by atoms with van der Waals surface area (Å²) >= 11 is 0. The fourth-order valence-electron chi connectivity index (χ4n) is 4.78. The highest BCUT2D eigenvalue weighted by Crippen LogP contribution is 2.48. The Labute approximate surface area is 172 Å². The molecule has 2 fully saturated rings. The highest BCUT2D eigenvalue weighted by atomic mass is 19.4. The molecule has 0 amide bonds. The maximum atomic E-state index is 13.0. The van der Waals surface area contributed by atoms with E-state index in [1.165, 1.54) is 32.5 Å². The molecule has 9 heteroatoms. The van der Waals surface area contributed by atoms with E-state index in [0.29, 0.717) is 30.5 Å². The minimum atomic E-state index is -4.36. The molecule has 6 nitrogen and oxygen atoms in total. The summed E-state index contributed by atoms with van der Waals surface area (Å²) in [6, 6.07) is 5.72. The first kappa shape index (κ1) is 20.9. The largest absolute Gasteiger partial charge is 0.481 e. The lowest BCUT2D eigenvalue weighted by Gasteiger charge is -2.44. The summed E-state index contributed by atoms with van der Waals surface area (Å²) in [6.45, 7) is 0.422.